The Balaban J connectivity index is 2.04. The fourth-order valence-electron chi connectivity index (χ4n) is 1.53. The Morgan fingerprint density at radius 1 is 0.944 bits per heavy atom. The minimum absolute atomic E-state index is 0.0298. The fraction of sp³-hybridized carbons (Fsp3) is 0.0909. The number of alkyl halides is 3. The van der Waals surface area contributed by atoms with E-state index < -0.39 is 11.7 Å². The van der Waals surface area contributed by atoms with Crippen molar-refractivity contribution in [2.24, 2.45) is 0 Å². The van der Waals surface area contributed by atoms with Crippen LogP contribution in [0, 0.1) is 0 Å². The van der Waals surface area contributed by atoms with E-state index in [-0.39, 0.29) is 17.4 Å². The van der Waals surface area contributed by atoms with E-state index >= 15 is 0 Å². The summed E-state index contributed by atoms with van der Waals surface area (Å²) in [6.45, 7) is 0. The number of benzene rings is 1. The summed E-state index contributed by atoms with van der Waals surface area (Å²) in [7, 11) is 0. The zero-order chi connectivity index (χ0) is 12.8. The van der Waals surface area contributed by atoms with Crippen molar-refractivity contribution in [2.75, 3.05) is 0 Å². The molecule has 7 heteroatoms. The maximum Gasteiger partial charge on any atom is 0.416 e. The summed E-state index contributed by atoms with van der Waals surface area (Å²) < 4.78 is 48.2. The van der Waals surface area contributed by atoms with Crippen LogP contribution in [0.2, 0.25) is 0 Å². The molecule has 1 aliphatic heterocycles. The first-order valence-corrected chi connectivity index (χ1v) is 4.93. The lowest BCUT2D eigenvalue weighted by Crippen LogP contribution is -2.07. The van der Waals surface area contributed by atoms with Crippen molar-refractivity contribution in [3.8, 4) is 23.1 Å². The predicted octanol–water partition coefficient (Wildman–Crippen LogP) is 3.39. The van der Waals surface area contributed by atoms with E-state index in [1.165, 1.54) is 18.3 Å². The normalized spacial score (nSPS) is 13.1. The topological polar surface area (TPSA) is 44.2 Å². The second-order valence-corrected chi connectivity index (χ2v) is 3.56. The molecule has 1 aromatic carbocycles. The van der Waals surface area contributed by atoms with Crippen LogP contribution < -0.4 is 9.47 Å². The van der Waals surface area contributed by atoms with Crippen LogP contribution in [0.15, 0.2) is 30.5 Å². The molecule has 2 heterocycles. The molecule has 0 N–H and O–H groups in total. The van der Waals surface area contributed by atoms with Crippen molar-refractivity contribution in [1.29, 1.82) is 0 Å². The van der Waals surface area contributed by atoms with Gasteiger partial charge in [-0.1, -0.05) is 0 Å². The number of halogens is 3. The van der Waals surface area contributed by atoms with E-state index in [9.17, 15) is 13.2 Å². The van der Waals surface area contributed by atoms with Crippen LogP contribution in [-0.2, 0) is 6.18 Å². The van der Waals surface area contributed by atoms with Crippen LogP contribution in [0.1, 0.15) is 5.56 Å². The first-order valence-electron chi connectivity index (χ1n) is 4.93. The standard InChI is InChI=1S/C11H5F3N2O2/c12-11(13,14)6-1-2-7-9(5-6)18-10-8(17-7)3-4-15-16-10/h1-5H. The second kappa shape index (κ2) is 3.59. The summed E-state index contributed by atoms with van der Waals surface area (Å²) in [4.78, 5) is 0. The van der Waals surface area contributed by atoms with Gasteiger partial charge in [0.2, 0.25) is 0 Å². The van der Waals surface area contributed by atoms with E-state index in [0.717, 1.165) is 12.1 Å². The molecule has 0 aliphatic carbocycles. The van der Waals surface area contributed by atoms with E-state index in [2.05, 4.69) is 10.2 Å². The van der Waals surface area contributed by atoms with Gasteiger partial charge in [-0.3, -0.25) is 0 Å². The van der Waals surface area contributed by atoms with Crippen LogP contribution in [0.3, 0.4) is 0 Å². The molecule has 0 amide bonds. The molecule has 0 unspecified atom stereocenters. The molecule has 18 heavy (non-hydrogen) atoms. The molecule has 2 aromatic rings. The molecule has 0 saturated heterocycles. The number of hydrogen-bond acceptors (Lipinski definition) is 4. The first kappa shape index (κ1) is 10.8. The second-order valence-electron chi connectivity index (χ2n) is 3.56. The van der Waals surface area contributed by atoms with Crippen LogP contribution in [0.5, 0.6) is 23.1 Å². The number of hydrogen-bond donors (Lipinski definition) is 0. The molecular formula is C11H5F3N2O2. The molecule has 3 rings (SSSR count). The molecule has 1 aliphatic rings. The summed E-state index contributed by atoms with van der Waals surface area (Å²) in [5.74, 6) is 0.544. The van der Waals surface area contributed by atoms with E-state index in [1.54, 1.807) is 0 Å². The van der Waals surface area contributed by atoms with Gasteiger partial charge >= 0.3 is 6.18 Å². The SMILES string of the molecule is FC(F)(F)c1ccc2c(c1)Oc1nnccc1O2. The number of aromatic nitrogens is 2. The minimum Gasteiger partial charge on any atom is -0.448 e. The zero-order valence-corrected chi connectivity index (χ0v) is 8.73. The molecule has 0 saturated carbocycles. The Labute approximate surface area is 99.0 Å². The summed E-state index contributed by atoms with van der Waals surface area (Å²) >= 11 is 0. The maximum absolute atomic E-state index is 12.5. The lowest BCUT2D eigenvalue weighted by Gasteiger charge is -2.19. The lowest BCUT2D eigenvalue weighted by molar-refractivity contribution is -0.137. The Hall–Kier alpha value is -2.31. The third kappa shape index (κ3) is 1.73. The van der Waals surface area contributed by atoms with Gasteiger partial charge in [-0.15, -0.1) is 5.10 Å². The summed E-state index contributed by atoms with van der Waals surface area (Å²) in [5, 5.41) is 7.20. The number of nitrogens with zero attached hydrogens (tertiary/aromatic N) is 2. The Morgan fingerprint density at radius 3 is 2.56 bits per heavy atom. The highest BCUT2D eigenvalue weighted by atomic mass is 19.4. The highest BCUT2D eigenvalue weighted by molar-refractivity contribution is 5.52. The Kier molecular flexibility index (Phi) is 2.16. The van der Waals surface area contributed by atoms with Crippen LogP contribution in [-0.4, -0.2) is 10.2 Å². The van der Waals surface area contributed by atoms with Crippen molar-refractivity contribution in [2.45, 2.75) is 6.18 Å². The van der Waals surface area contributed by atoms with Crippen LogP contribution in [0.25, 0.3) is 0 Å². The van der Waals surface area contributed by atoms with Crippen LogP contribution >= 0.6 is 0 Å². The van der Waals surface area contributed by atoms with Crippen LogP contribution in [0.4, 0.5) is 13.2 Å². The van der Waals surface area contributed by atoms with E-state index in [0.29, 0.717) is 5.75 Å². The van der Waals surface area contributed by atoms with Crippen molar-refractivity contribution < 1.29 is 22.6 Å². The Morgan fingerprint density at radius 2 is 1.78 bits per heavy atom. The van der Waals surface area contributed by atoms with Crippen molar-refractivity contribution in [1.82, 2.24) is 10.2 Å². The van der Waals surface area contributed by atoms with Gasteiger partial charge in [0, 0.05) is 6.07 Å². The summed E-state index contributed by atoms with van der Waals surface area (Å²) in [5.41, 5.74) is -0.808. The number of rotatable bonds is 0. The first-order chi connectivity index (χ1) is 8.54. The average Bonchev–Trinajstić information content (AvgIpc) is 2.34. The van der Waals surface area contributed by atoms with E-state index in [1.807, 2.05) is 0 Å². The summed E-state index contributed by atoms with van der Waals surface area (Å²) in [6.07, 6.45) is -3.03. The predicted molar refractivity (Wildman–Crippen MR) is 53.6 cm³/mol. The van der Waals surface area contributed by atoms with Gasteiger partial charge in [0.1, 0.15) is 0 Å². The monoisotopic (exact) mass is 254 g/mol. The quantitative estimate of drug-likeness (QED) is 0.616. The van der Waals surface area contributed by atoms with Gasteiger partial charge < -0.3 is 9.47 Å². The number of ether oxygens (including phenoxy) is 2. The third-order valence-corrected chi connectivity index (χ3v) is 2.35. The van der Waals surface area contributed by atoms with Gasteiger partial charge in [-0.05, 0) is 18.2 Å². The van der Waals surface area contributed by atoms with Gasteiger partial charge in [0.15, 0.2) is 17.2 Å². The van der Waals surface area contributed by atoms with E-state index in [4.69, 9.17) is 9.47 Å². The highest BCUT2D eigenvalue weighted by Gasteiger charge is 2.32. The van der Waals surface area contributed by atoms with Crippen molar-refractivity contribution in [3.05, 3.63) is 36.0 Å². The largest absolute Gasteiger partial charge is 0.448 e. The average molecular weight is 254 g/mol. The minimum atomic E-state index is -4.43. The fourth-order valence-corrected chi connectivity index (χ4v) is 1.53. The molecule has 0 spiro atoms. The number of fused-ring (bicyclic) bond motifs is 2. The zero-order valence-electron chi connectivity index (χ0n) is 8.73. The molecule has 0 bridgehead atoms. The highest BCUT2D eigenvalue weighted by Crippen LogP contribution is 2.45. The smallest absolute Gasteiger partial charge is 0.416 e. The molecule has 0 radical (unpaired) electrons. The maximum atomic E-state index is 12.5. The molecule has 0 atom stereocenters. The lowest BCUT2D eigenvalue weighted by atomic mass is 10.2. The van der Waals surface area contributed by atoms with Gasteiger partial charge in [-0.2, -0.15) is 18.3 Å². The molecule has 4 nitrogen and oxygen atoms in total. The molecule has 1 aromatic heterocycles. The summed E-state index contributed by atoms with van der Waals surface area (Å²) in [6, 6.07) is 4.53. The molecular weight excluding hydrogens is 249 g/mol. The van der Waals surface area contributed by atoms with Crippen molar-refractivity contribution in [3.63, 3.8) is 0 Å². The Bertz CT molecular complexity index is 613. The molecule has 0 fully saturated rings. The molecule has 92 valence electrons. The van der Waals surface area contributed by atoms with Gasteiger partial charge in [-0.25, -0.2) is 0 Å². The third-order valence-electron chi connectivity index (χ3n) is 2.35. The van der Waals surface area contributed by atoms with Gasteiger partial charge in [0.05, 0.1) is 11.8 Å². The van der Waals surface area contributed by atoms with Gasteiger partial charge in [0.25, 0.3) is 5.88 Å². The van der Waals surface area contributed by atoms with Crippen molar-refractivity contribution >= 4 is 0 Å².